The number of ether oxygens (including phenoxy) is 1. The van der Waals surface area contributed by atoms with E-state index < -0.39 is 0 Å². The molecule has 1 atom stereocenters. The molecule has 0 amide bonds. The van der Waals surface area contributed by atoms with E-state index in [2.05, 4.69) is 24.1 Å². The van der Waals surface area contributed by atoms with E-state index in [0.29, 0.717) is 5.54 Å². The van der Waals surface area contributed by atoms with E-state index in [1.807, 2.05) is 30.3 Å². The molecule has 19 heavy (non-hydrogen) atoms. The second-order valence-corrected chi connectivity index (χ2v) is 5.53. The molecule has 0 saturated carbocycles. The minimum Gasteiger partial charge on any atom is -0.494 e. The number of para-hydroxylation sites is 1. The number of rotatable bonds is 6. The van der Waals surface area contributed by atoms with Gasteiger partial charge < -0.3 is 10.1 Å². The van der Waals surface area contributed by atoms with Gasteiger partial charge in [0, 0.05) is 31.7 Å². The standard InChI is InChI=1S/C16H26N2O/c1-3-16(2)14-17-10-12-18(16)11-7-13-19-15-8-5-4-6-9-15/h4-6,8-9,17H,3,7,10-14H2,1-2H3. The number of nitrogens with one attached hydrogen (secondary N) is 1. The molecule has 1 unspecified atom stereocenters. The van der Waals surface area contributed by atoms with Crippen molar-refractivity contribution in [3.05, 3.63) is 30.3 Å². The maximum absolute atomic E-state index is 5.76. The van der Waals surface area contributed by atoms with Crippen LogP contribution in [0.1, 0.15) is 26.7 Å². The van der Waals surface area contributed by atoms with E-state index in [-0.39, 0.29) is 0 Å². The van der Waals surface area contributed by atoms with Crippen molar-refractivity contribution in [3.8, 4) is 5.75 Å². The summed E-state index contributed by atoms with van der Waals surface area (Å²) in [5, 5.41) is 3.50. The Bertz CT molecular complexity index is 368. The smallest absolute Gasteiger partial charge is 0.119 e. The fourth-order valence-corrected chi connectivity index (χ4v) is 2.65. The Hall–Kier alpha value is -1.06. The van der Waals surface area contributed by atoms with Gasteiger partial charge in [-0.1, -0.05) is 25.1 Å². The molecular weight excluding hydrogens is 236 g/mol. The highest BCUT2D eigenvalue weighted by Crippen LogP contribution is 2.21. The van der Waals surface area contributed by atoms with Gasteiger partial charge in [0.05, 0.1) is 6.61 Å². The second-order valence-electron chi connectivity index (χ2n) is 5.53. The van der Waals surface area contributed by atoms with Crippen molar-refractivity contribution in [2.45, 2.75) is 32.2 Å². The Kier molecular flexibility index (Phi) is 5.23. The Morgan fingerprint density at radius 1 is 1.32 bits per heavy atom. The van der Waals surface area contributed by atoms with Gasteiger partial charge in [-0.25, -0.2) is 0 Å². The van der Waals surface area contributed by atoms with E-state index in [4.69, 9.17) is 4.74 Å². The Labute approximate surface area is 116 Å². The number of hydrogen-bond acceptors (Lipinski definition) is 3. The number of benzene rings is 1. The van der Waals surface area contributed by atoms with Crippen molar-refractivity contribution in [2.75, 3.05) is 32.8 Å². The number of hydrogen-bond donors (Lipinski definition) is 1. The number of nitrogens with zero attached hydrogens (tertiary/aromatic N) is 1. The molecule has 0 radical (unpaired) electrons. The van der Waals surface area contributed by atoms with Gasteiger partial charge in [-0.05, 0) is 31.9 Å². The monoisotopic (exact) mass is 262 g/mol. The Morgan fingerprint density at radius 3 is 2.84 bits per heavy atom. The van der Waals surface area contributed by atoms with Crippen LogP contribution in [0.3, 0.4) is 0 Å². The highest BCUT2D eigenvalue weighted by Gasteiger charge is 2.31. The molecule has 0 aliphatic carbocycles. The van der Waals surface area contributed by atoms with Crippen molar-refractivity contribution in [2.24, 2.45) is 0 Å². The van der Waals surface area contributed by atoms with Crippen molar-refractivity contribution < 1.29 is 4.74 Å². The van der Waals surface area contributed by atoms with Crippen LogP contribution in [0.4, 0.5) is 0 Å². The fraction of sp³-hybridized carbons (Fsp3) is 0.625. The molecule has 0 aromatic heterocycles. The van der Waals surface area contributed by atoms with Crippen molar-refractivity contribution >= 4 is 0 Å². The van der Waals surface area contributed by atoms with E-state index in [0.717, 1.165) is 45.0 Å². The maximum Gasteiger partial charge on any atom is 0.119 e. The first-order valence-electron chi connectivity index (χ1n) is 7.38. The molecule has 1 aromatic rings. The third-order valence-corrected chi connectivity index (χ3v) is 4.17. The summed E-state index contributed by atoms with van der Waals surface area (Å²) in [4.78, 5) is 2.61. The van der Waals surface area contributed by atoms with Crippen molar-refractivity contribution in [3.63, 3.8) is 0 Å². The average Bonchev–Trinajstić information content (AvgIpc) is 2.46. The molecule has 3 heteroatoms. The molecular formula is C16H26N2O. The molecule has 1 aliphatic rings. The third kappa shape index (κ3) is 3.95. The zero-order valence-corrected chi connectivity index (χ0v) is 12.2. The Morgan fingerprint density at radius 2 is 2.11 bits per heavy atom. The average molecular weight is 262 g/mol. The fourth-order valence-electron chi connectivity index (χ4n) is 2.65. The predicted octanol–water partition coefficient (Wildman–Crippen LogP) is 2.53. The summed E-state index contributed by atoms with van der Waals surface area (Å²) in [7, 11) is 0. The molecule has 106 valence electrons. The van der Waals surface area contributed by atoms with Crippen molar-refractivity contribution in [1.82, 2.24) is 10.2 Å². The van der Waals surface area contributed by atoms with Gasteiger partial charge in [0.25, 0.3) is 0 Å². The van der Waals surface area contributed by atoms with Crippen LogP contribution in [0.5, 0.6) is 5.75 Å². The molecule has 0 spiro atoms. The van der Waals surface area contributed by atoms with Crippen LogP contribution in [-0.4, -0.2) is 43.2 Å². The first kappa shape index (κ1) is 14.4. The lowest BCUT2D eigenvalue weighted by Crippen LogP contribution is -2.59. The van der Waals surface area contributed by atoms with E-state index >= 15 is 0 Å². The molecule has 1 aliphatic heterocycles. The largest absolute Gasteiger partial charge is 0.494 e. The summed E-state index contributed by atoms with van der Waals surface area (Å²) in [6.45, 7) is 9.91. The molecule has 3 nitrogen and oxygen atoms in total. The van der Waals surface area contributed by atoms with E-state index in [1.54, 1.807) is 0 Å². The first-order chi connectivity index (χ1) is 9.24. The van der Waals surface area contributed by atoms with Gasteiger partial charge in [0.2, 0.25) is 0 Å². The molecule has 2 rings (SSSR count). The predicted molar refractivity (Wildman–Crippen MR) is 79.7 cm³/mol. The highest BCUT2D eigenvalue weighted by molar-refractivity contribution is 5.20. The zero-order chi connectivity index (χ0) is 13.6. The lowest BCUT2D eigenvalue weighted by Gasteiger charge is -2.45. The minimum absolute atomic E-state index is 0.311. The van der Waals surface area contributed by atoms with Crippen LogP contribution in [0, 0.1) is 0 Å². The van der Waals surface area contributed by atoms with Gasteiger partial charge >= 0.3 is 0 Å². The molecule has 1 N–H and O–H groups in total. The van der Waals surface area contributed by atoms with Gasteiger partial charge in [-0.2, -0.15) is 0 Å². The van der Waals surface area contributed by atoms with Crippen molar-refractivity contribution in [1.29, 1.82) is 0 Å². The lowest BCUT2D eigenvalue weighted by atomic mass is 9.94. The first-order valence-corrected chi connectivity index (χ1v) is 7.38. The molecule has 1 heterocycles. The van der Waals surface area contributed by atoms with Crippen LogP contribution in [-0.2, 0) is 0 Å². The van der Waals surface area contributed by atoms with Gasteiger partial charge in [0.1, 0.15) is 5.75 Å². The van der Waals surface area contributed by atoms with E-state index in [1.165, 1.54) is 6.42 Å². The van der Waals surface area contributed by atoms with Crippen LogP contribution in [0.2, 0.25) is 0 Å². The molecule has 1 fully saturated rings. The third-order valence-electron chi connectivity index (χ3n) is 4.17. The number of piperazine rings is 1. The maximum atomic E-state index is 5.76. The highest BCUT2D eigenvalue weighted by atomic mass is 16.5. The Balaban J connectivity index is 1.72. The summed E-state index contributed by atoms with van der Waals surface area (Å²) in [5.74, 6) is 0.973. The topological polar surface area (TPSA) is 24.5 Å². The normalized spacial score (nSPS) is 24.3. The summed E-state index contributed by atoms with van der Waals surface area (Å²) in [5.41, 5.74) is 0.311. The summed E-state index contributed by atoms with van der Waals surface area (Å²) in [6, 6.07) is 10.1. The zero-order valence-electron chi connectivity index (χ0n) is 12.2. The van der Waals surface area contributed by atoms with Crippen LogP contribution in [0.15, 0.2) is 30.3 Å². The van der Waals surface area contributed by atoms with Gasteiger partial charge in [-0.15, -0.1) is 0 Å². The van der Waals surface area contributed by atoms with E-state index in [9.17, 15) is 0 Å². The van der Waals surface area contributed by atoms with Gasteiger partial charge in [0.15, 0.2) is 0 Å². The van der Waals surface area contributed by atoms with Crippen LogP contribution in [0.25, 0.3) is 0 Å². The second kappa shape index (κ2) is 6.92. The summed E-state index contributed by atoms with van der Waals surface area (Å²) >= 11 is 0. The van der Waals surface area contributed by atoms with Gasteiger partial charge in [-0.3, -0.25) is 4.90 Å². The molecule has 0 bridgehead atoms. The SMILES string of the molecule is CCC1(C)CNCCN1CCCOc1ccccc1. The van der Waals surface area contributed by atoms with Crippen LogP contribution >= 0.6 is 0 Å². The minimum atomic E-state index is 0.311. The summed E-state index contributed by atoms with van der Waals surface area (Å²) < 4.78 is 5.76. The lowest BCUT2D eigenvalue weighted by molar-refractivity contribution is 0.0660. The molecule has 1 saturated heterocycles. The molecule has 1 aromatic carbocycles. The van der Waals surface area contributed by atoms with Crippen LogP contribution < -0.4 is 10.1 Å². The quantitative estimate of drug-likeness (QED) is 0.797. The summed E-state index contributed by atoms with van der Waals surface area (Å²) in [6.07, 6.45) is 2.28.